The number of nitrogens with one attached hydrogen (secondary N) is 2. The van der Waals surface area contributed by atoms with E-state index in [0.29, 0.717) is 17.1 Å². The minimum absolute atomic E-state index is 0.0380. The summed E-state index contributed by atoms with van der Waals surface area (Å²) in [4.78, 5) is 16.4. The summed E-state index contributed by atoms with van der Waals surface area (Å²) < 4.78 is 0. The van der Waals surface area contributed by atoms with Crippen molar-refractivity contribution in [2.75, 3.05) is 18.4 Å². The van der Waals surface area contributed by atoms with Crippen LogP contribution in [0.25, 0.3) is 10.9 Å². The number of hydrogen-bond acceptors (Lipinski definition) is 3. The van der Waals surface area contributed by atoms with Crippen molar-refractivity contribution in [1.82, 2.24) is 10.3 Å². The van der Waals surface area contributed by atoms with Crippen LogP contribution >= 0.6 is 11.6 Å². The number of amides is 1. The van der Waals surface area contributed by atoms with Gasteiger partial charge in [-0.25, -0.2) is 0 Å². The smallest absolute Gasteiger partial charge is 0.251 e. The number of carbonyl (C=O) groups is 1. The van der Waals surface area contributed by atoms with Crippen molar-refractivity contribution in [3.8, 4) is 0 Å². The molecule has 0 saturated carbocycles. The highest BCUT2D eigenvalue weighted by molar-refractivity contribution is 6.31. The van der Waals surface area contributed by atoms with E-state index < -0.39 is 0 Å². The van der Waals surface area contributed by atoms with Crippen LogP contribution in [0.2, 0.25) is 5.02 Å². The van der Waals surface area contributed by atoms with Gasteiger partial charge >= 0.3 is 0 Å². The number of rotatable bonds is 6. The molecule has 25 heavy (non-hydrogen) atoms. The summed E-state index contributed by atoms with van der Waals surface area (Å²) in [7, 11) is 0. The Morgan fingerprint density at radius 2 is 1.88 bits per heavy atom. The third-order valence-corrected chi connectivity index (χ3v) is 4.21. The summed E-state index contributed by atoms with van der Waals surface area (Å²) in [6, 6.07) is 15.2. The van der Waals surface area contributed by atoms with Crippen LogP contribution in [0.15, 0.2) is 54.7 Å². The summed E-state index contributed by atoms with van der Waals surface area (Å²) in [5, 5.41) is 8.05. The normalized spacial score (nSPS) is 10.6. The highest BCUT2D eigenvalue weighted by Gasteiger charge is 2.05. The quantitative estimate of drug-likeness (QED) is 0.644. The van der Waals surface area contributed by atoms with Gasteiger partial charge in [0.1, 0.15) is 0 Å². The van der Waals surface area contributed by atoms with Crippen molar-refractivity contribution in [3.63, 3.8) is 0 Å². The highest BCUT2D eigenvalue weighted by Crippen LogP contribution is 2.24. The second-order valence-electron chi connectivity index (χ2n) is 5.92. The molecule has 3 rings (SSSR count). The molecule has 2 N–H and O–H groups in total. The molecule has 2 aromatic carbocycles. The van der Waals surface area contributed by atoms with Crippen LogP contribution in [0.3, 0.4) is 0 Å². The Labute approximate surface area is 152 Å². The second kappa shape index (κ2) is 7.99. The maximum Gasteiger partial charge on any atom is 0.251 e. The van der Waals surface area contributed by atoms with Crippen molar-refractivity contribution in [3.05, 3.63) is 70.9 Å². The lowest BCUT2D eigenvalue weighted by atomic mass is 10.1. The minimum atomic E-state index is -0.0380. The van der Waals surface area contributed by atoms with E-state index >= 15 is 0 Å². The van der Waals surface area contributed by atoms with Crippen molar-refractivity contribution in [2.45, 2.75) is 13.3 Å². The molecule has 4 nitrogen and oxygen atoms in total. The fraction of sp³-hybridized carbons (Fsp3) is 0.200. The number of benzene rings is 2. The average Bonchev–Trinajstić information content (AvgIpc) is 2.61. The molecule has 1 heterocycles. The van der Waals surface area contributed by atoms with Crippen LogP contribution in [-0.2, 0) is 0 Å². The van der Waals surface area contributed by atoms with E-state index in [0.717, 1.165) is 35.1 Å². The fourth-order valence-electron chi connectivity index (χ4n) is 2.60. The van der Waals surface area contributed by atoms with Crippen LogP contribution < -0.4 is 10.6 Å². The maximum atomic E-state index is 12.0. The number of halogens is 1. The largest absolute Gasteiger partial charge is 0.384 e. The standard InChI is InChI=1S/C20H20ClN3O/c1-14-3-5-15(6-4-14)20(25)24-11-2-10-22-18-9-12-23-19-13-16(21)7-8-17(18)19/h3-9,12-13H,2,10-11H2,1H3,(H,22,23)(H,24,25). The van der Waals surface area contributed by atoms with Gasteiger partial charge in [0.05, 0.1) is 5.52 Å². The number of anilines is 1. The molecule has 0 saturated heterocycles. The molecule has 1 amide bonds. The number of carbonyl (C=O) groups excluding carboxylic acids is 1. The van der Waals surface area contributed by atoms with Crippen molar-refractivity contribution in [1.29, 1.82) is 0 Å². The Morgan fingerprint density at radius 3 is 2.68 bits per heavy atom. The third-order valence-electron chi connectivity index (χ3n) is 3.97. The van der Waals surface area contributed by atoms with E-state index in [9.17, 15) is 4.79 Å². The molecule has 0 unspecified atom stereocenters. The fourth-order valence-corrected chi connectivity index (χ4v) is 2.76. The number of hydrogen-bond donors (Lipinski definition) is 2. The lowest BCUT2D eigenvalue weighted by molar-refractivity contribution is 0.0953. The first-order valence-corrected chi connectivity index (χ1v) is 8.64. The zero-order valence-corrected chi connectivity index (χ0v) is 14.8. The molecule has 0 aliphatic carbocycles. The Morgan fingerprint density at radius 1 is 1.08 bits per heavy atom. The van der Waals surface area contributed by atoms with E-state index in [-0.39, 0.29) is 5.91 Å². The van der Waals surface area contributed by atoms with Gasteiger partial charge < -0.3 is 10.6 Å². The minimum Gasteiger partial charge on any atom is -0.384 e. The molecule has 0 radical (unpaired) electrons. The van der Waals surface area contributed by atoms with E-state index in [1.54, 1.807) is 6.20 Å². The first-order chi connectivity index (χ1) is 12.1. The predicted molar refractivity (Wildman–Crippen MR) is 103 cm³/mol. The van der Waals surface area contributed by atoms with Gasteiger partial charge in [0.2, 0.25) is 0 Å². The highest BCUT2D eigenvalue weighted by atomic mass is 35.5. The van der Waals surface area contributed by atoms with Gasteiger partial charge in [0.25, 0.3) is 5.91 Å². The summed E-state index contributed by atoms with van der Waals surface area (Å²) in [6.07, 6.45) is 2.59. The van der Waals surface area contributed by atoms with Gasteiger partial charge in [0.15, 0.2) is 0 Å². The van der Waals surface area contributed by atoms with Gasteiger partial charge in [-0.1, -0.05) is 29.3 Å². The molecule has 0 spiro atoms. The van der Waals surface area contributed by atoms with E-state index in [4.69, 9.17) is 11.6 Å². The maximum absolute atomic E-state index is 12.0. The summed E-state index contributed by atoms with van der Waals surface area (Å²) >= 11 is 6.00. The first-order valence-electron chi connectivity index (χ1n) is 8.26. The van der Waals surface area contributed by atoms with Crippen LogP contribution in [-0.4, -0.2) is 24.0 Å². The second-order valence-corrected chi connectivity index (χ2v) is 6.36. The average molecular weight is 354 g/mol. The summed E-state index contributed by atoms with van der Waals surface area (Å²) in [5.74, 6) is -0.0380. The molecule has 0 fully saturated rings. The number of fused-ring (bicyclic) bond motifs is 1. The summed E-state index contributed by atoms with van der Waals surface area (Å²) in [6.45, 7) is 3.38. The SMILES string of the molecule is Cc1ccc(C(=O)NCCCNc2ccnc3cc(Cl)ccc23)cc1. The Balaban J connectivity index is 1.49. The molecule has 128 valence electrons. The van der Waals surface area contributed by atoms with Crippen LogP contribution in [0.4, 0.5) is 5.69 Å². The number of pyridine rings is 1. The van der Waals surface area contributed by atoms with E-state index in [2.05, 4.69) is 15.6 Å². The Kier molecular flexibility index (Phi) is 5.51. The number of aromatic nitrogens is 1. The van der Waals surface area contributed by atoms with Gasteiger partial charge in [-0.05, 0) is 49.7 Å². The number of nitrogens with zero attached hydrogens (tertiary/aromatic N) is 1. The van der Waals surface area contributed by atoms with Gasteiger partial charge in [-0.15, -0.1) is 0 Å². The van der Waals surface area contributed by atoms with Gasteiger partial charge in [-0.3, -0.25) is 9.78 Å². The van der Waals surface area contributed by atoms with Crippen LogP contribution in [0.5, 0.6) is 0 Å². The van der Waals surface area contributed by atoms with Crippen molar-refractivity contribution < 1.29 is 4.79 Å². The molecule has 0 atom stereocenters. The topological polar surface area (TPSA) is 54.0 Å². The van der Waals surface area contributed by atoms with Crippen molar-refractivity contribution in [2.24, 2.45) is 0 Å². The zero-order chi connectivity index (χ0) is 17.6. The molecule has 5 heteroatoms. The van der Waals surface area contributed by atoms with Crippen molar-refractivity contribution >= 4 is 34.1 Å². The lowest BCUT2D eigenvalue weighted by Gasteiger charge is -2.10. The monoisotopic (exact) mass is 353 g/mol. The molecular formula is C20H20ClN3O. The predicted octanol–water partition coefficient (Wildman–Crippen LogP) is 4.43. The molecule has 0 bridgehead atoms. The number of aryl methyl sites for hydroxylation is 1. The molecule has 0 aliphatic rings. The zero-order valence-electron chi connectivity index (χ0n) is 14.1. The van der Waals surface area contributed by atoms with E-state index in [1.807, 2.05) is 55.5 Å². The van der Waals surface area contributed by atoms with E-state index in [1.165, 1.54) is 0 Å². The third kappa shape index (κ3) is 4.48. The molecule has 1 aromatic heterocycles. The van der Waals surface area contributed by atoms with Gasteiger partial charge in [-0.2, -0.15) is 0 Å². The molecule has 0 aliphatic heterocycles. The first kappa shape index (κ1) is 17.2. The van der Waals surface area contributed by atoms with Crippen LogP contribution in [0.1, 0.15) is 22.3 Å². The van der Waals surface area contributed by atoms with Crippen LogP contribution in [0, 0.1) is 6.92 Å². The molecule has 3 aromatic rings. The molecular weight excluding hydrogens is 334 g/mol. The summed E-state index contributed by atoms with van der Waals surface area (Å²) in [5.41, 5.74) is 3.72. The Bertz CT molecular complexity index is 878. The lowest BCUT2D eigenvalue weighted by Crippen LogP contribution is -2.25. The van der Waals surface area contributed by atoms with Gasteiger partial charge in [0, 0.05) is 40.9 Å². The Hall–Kier alpha value is -2.59.